The van der Waals surface area contributed by atoms with E-state index >= 15 is 0 Å². The number of carboxylic acids is 2. The van der Waals surface area contributed by atoms with Gasteiger partial charge in [0.2, 0.25) is 0 Å². The molecule has 5 nitrogen and oxygen atoms in total. The number of fused-ring (bicyclic) bond motifs is 1. The average molecular weight is 221 g/mol. The third-order valence-electron chi connectivity index (χ3n) is 3.43. The van der Waals surface area contributed by atoms with Gasteiger partial charge in [-0.2, -0.15) is 0 Å². The fourth-order valence-electron chi connectivity index (χ4n) is 2.59. The van der Waals surface area contributed by atoms with Crippen molar-refractivity contribution in [1.29, 1.82) is 0 Å². The van der Waals surface area contributed by atoms with Crippen molar-refractivity contribution in [3.63, 3.8) is 0 Å². The lowest BCUT2D eigenvalue weighted by molar-refractivity contribution is -0.162. The molecule has 2 rings (SSSR count). The molecule has 0 amide bonds. The summed E-state index contributed by atoms with van der Waals surface area (Å²) >= 11 is 0. The molecule has 2 aliphatic carbocycles. The molecule has 0 heterocycles. The highest BCUT2D eigenvalue weighted by molar-refractivity contribution is 5.86. The second kappa shape index (κ2) is 2.46. The first kappa shape index (κ1) is 10.3. The van der Waals surface area contributed by atoms with Gasteiger partial charge in [0.05, 0.1) is 5.92 Å². The third-order valence-corrected chi connectivity index (χ3v) is 3.43. The van der Waals surface area contributed by atoms with Crippen LogP contribution < -0.4 is 5.73 Å². The summed E-state index contributed by atoms with van der Waals surface area (Å²) in [6.45, 7) is 0. The van der Waals surface area contributed by atoms with Crippen molar-refractivity contribution in [2.75, 3.05) is 0 Å². The molecule has 0 aromatic rings. The molecular weight excluding hydrogens is 212 g/mol. The summed E-state index contributed by atoms with van der Waals surface area (Å²) in [4.78, 5) is 21.3. The van der Waals surface area contributed by atoms with Crippen molar-refractivity contribution in [1.82, 2.24) is 0 Å². The number of hydrogen-bond donors (Lipinski definition) is 3. The second-order valence-corrected chi connectivity index (χ2v) is 4.14. The van der Waals surface area contributed by atoms with E-state index in [2.05, 4.69) is 0 Å². The zero-order valence-corrected chi connectivity index (χ0v) is 7.48. The first-order chi connectivity index (χ1) is 6.73. The molecule has 84 valence electrons. The van der Waals surface area contributed by atoms with Crippen LogP contribution in [0.1, 0.15) is 6.42 Å². The third kappa shape index (κ3) is 0.983. The molecule has 0 unspecified atom stereocenters. The van der Waals surface area contributed by atoms with Crippen molar-refractivity contribution in [2.45, 2.75) is 17.9 Å². The minimum Gasteiger partial charge on any atom is -0.481 e. The van der Waals surface area contributed by atoms with Crippen molar-refractivity contribution in [3.8, 4) is 0 Å². The smallest absolute Gasteiger partial charge is 0.330 e. The van der Waals surface area contributed by atoms with Crippen LogP contribution in [0.15, 0.2) is 0 Å². The Labute approximate surface area is 82.9 Å². The van der Waals surface area contributed by atoms with E-state index in [0.29, 0.717) is 0 Å². The van der Waals surface area contributed by atoms with E-state index in [-0.39, 0.29) is 0 Å². The molecule has 0 saturated heterocycles. The normalized spacial score (nSPS) is 45.9. The first-order valence-electron chi connectivity index (χ1n) is 4.36. The standard InChI is InChI=1S/C8H9F2NO4/c9-7(10)1-2-3(5(12)13)4(2)8(7,11)6(14)15/h2-4H,1,11H2,(H,12,13)(H,14,15)/t2-,3-,4-,8+/m0/s1. The van der Waals surface area contributed by atoms with Gasteiger partial charge in [-0.1, -0.05) is 0 Å². The Morgan fingerprint density at radius 2 is 1.87 bits per heavy atom. The van der Waals surface area contributed by atoms with Gasteiger partial charge in [-0.15, -0.1) is 0 Å². The fourth-order valence-corrected chi connectivity index (χ4v) is 2.59. The van der Waals surface area contributed by atoms with Crippen LogP contribution in [0.5, 0.6) is 0 Å². The number of carbonyl (C=O) groups is 2. The minimum atomic E-state index is -3.53. The fraction of sp³-hybridized carbons (Fsp3) is 0.750. The Morgan fingerprint density at radius 1 is 1.33 bits per heavy atom. The molecular formula is C8H9F2NO4. The van der Waals surface area contributed by atoms with Gasteiger partial charge in [0.15, 0.2) is 5.54 Å². The minimum absolute atomic E-state index is 0.753. The molecule has 0 spiro atoms. The van der Waals surface area contributed by atoms with Gasteiger partial charge in [-0.05, 0) is 5.92 Å². The zero-order chi connectivity index (χ0) is 11.6. The van der Waals surface area contributed by atoms with Gasteiger partial charge < -0.3 is 15.9 Å². The quantitative estimate of drug-likeness (QED) is 0.597. The monoisotopic (exact) mass is 221 g/mol. The van der Waals surface area contributed by atoms with Crippen LogP contribution in [-0.4, -0.2) is 33.6 Å². The summed E-state index contributed by atoms with van der Waals surface area (Å²) < 4.78 is 26.5. The number of aliphatic carboxylic acids is 2. The predicted molar refractivity (Wildman–Crippen MR) is 42.2 cm³/mol. The molecule has 15 heavy (non-hydrogen) atoms. The van der Waals surface area contributed by atoms with Crippen LogP contribution in [0.4, 0.5) is 8.78 Å². The Bertz CT molecular complexity index is 359. The van der Waals surface area contributed by atoms with Gasteiger partial charge in [0, 0.05) is 12.3 Å². The van der Waals surface area contributed by atoms with Gasteiger partial charge in [-0.25, -0.2) is 13.6 Å². The van der Waals surface area contributed by atoms with Gasteiger partial charge in [0.1, 0.15) is 0 Å². The Kier molecular flexibility index (Phi) is 1.69. The maximum Gasteiger partial charge on any atom is 0.330 e. The highest BCUT2D eigenvalue weighted by Crippen LogP contribution is 2.66. The van der Waals surface area contributed by atoms with Crippen molar-refractivity contribution in [3.05, 3.63) is 0 Å². The topological polar surface area (TPSA) is 101 Å². The average Bonchev–Trinajstić information content (AvgIpc) is 2.70. The highest BCUT2D eigenvalue weighted by Gasteiger charge is 2.81. The summed E-state index contributed by atoms with van der Waals surface area (Å²) in [6, 6.07) is 0. The van der Waals surface area contributed by atoms with Crippen molar-refractivity contribution in [2.24, 2.45) is 23.5 Å². The van der Waals surface area contributed by atoms with Crippen LogP contribution in [0, 0.1) is 17.8 Å². The number of carboxylic acid groups (broad SMARTS) is 2. The van der Waals surface area contributed by atoms with Crippen LogP contribution in [0.25, 0.3) is 0 Å². The van der Waals surface area contributed by atoms with Gasteiger partial charge in [0.25, 0.3) is 5.92 Å². The number of halogens is 2. The van der Waals surface area contributed by atoms with Gasteiger partial charge >= 0.3 is 11.9 Å². The lowest BCUT2D eigenvalue weighted by Crippen LogP contribution is -2.61. The Hall–Kier alpha value is -1.24. The lowest BCUT2D eigenvalue weighted by atomic mass is 9.88. The molecule has 0 radical (unpaired) electrons. The molecule has 0 bridgehead atoms. The zero-order valence-electron chi connectivity index (χ0n) is 7.48. The van der Waals surface area contributed by atoms with E-state index in [0.717, 1.165) is 0 Å². The summed E-state index contributed by atoms with van der Waals surface area (Å²) in [5.74, 6) is -9.60. The number of alkyl halides is 2. The van der Waals surface area contributed by atoms with E-state index in [1.807, 2.05) is 0 Å². The van der Waals surface area contributed by atoms with Gasteiger partial charge in [-0.3, -0.25) is 4.79 Å². The summed E-state index contributed by atoms with van der Waals surface area (Å²) in [6.07, 6.45) is -0.753. The summed E-state index contributed by atoms with van der Waals surface area (Å²) in [5.41, 5.74) is 2.46. The molecule has 0 aliphatic heterocycles. The summed E-state index contributed by atoms with van der Waals surface area (Å²) in [7, 11) is 0. The second-order valence-electron chi connectivity index (χ2n) is 4.14. The van der Waals surface area contributed by atoms with Crippen LogP contribution in [-0.2, 0) is 9.59 Å². The SMILES string of the molecule is N[C@@]1(C(=O)O)[C@H]2[C@@H](CC1(F)F)[C@@H]2C(=O)O. The summed E-state index contributed by atoms with van der Waals surface area (Å²) in [5, 5.41) is 17.4. The molecule has 0 aromatic heterocycles. The Balaban J connectivity index is 2.35. The molecule has 2 aliphatic rings. The molecule has 2 fully saturated rings. The molecule has 0 aromatic carbocycles. The van der Waals surface area contributed by atoms with E-state index in [1.54, 1.807) is 0 Å². The van der Waals surface area contributed by atoms with E-state index in [1.165, 1.54) is 0 Å². The molecule has 4 atom stereocenters. The number of rotatable bonds is 2. The first-order valence-corrected chi connectivity index (χ1v) is 4.36. The van der Waals surface area contributed by atoms with Crippen LogP contribution in [0.3, 0.4) is 0 Å². The number of nitrogens with two attached hydrogens (primary N) is 1. The van der Waals surface area contributed by atoms with Crippen molar-refractivity contribution < 1.29 is 28.6 Å². The van der Waals surface area contributed by atoms with Crippen molar-refractivity contribution >= 4 is 11.9 Å². The van der Waals surface area contributed by atoms with E-state index in [9.17, 15) is 18.4 Å². The molecule has 7 heteroatoms. The maximum atomic E-state index is 13.3. The Morgan fingerprint density at radius 3 is 2.27 bits per heavy atom. The predicted octanol–water partition coefficient (Wildman–Crippen LogP) is -0.246. The largest absolute Gasteiger partial charge is 0.481 e. The highest BCUT2D eigenvalue weighted by atomic mass is 19.3. The van der Waals surface area contributed by atoms with Crippen LogP contribution in [0.2, 0.25) is 0 Å². The van der Waals surface area contributed by atoms with E-state index < -0.39 is 47.6 Å². The molecule has 4 N–H and O–H groups in total. The maximum absolute atomic E-state index is 13.3. The van der Waals surface area contributed by atoms with Crippen LogP contribution >= 0.6 is 0 Å². The molecule has 2 saturated carbocycles. The van der Waals surface area contributed by atoms with E-state index in [4.69, 9.17) is 15.9 Å². The lowest BCUT2D eigenvalue weighted by Gasteiger charge is -2.29. The number of hydrogen-bond acceptors (Lipinski definition) is 3.